The van der Waals surface area contributed by atoms with Gasteiger partial charge in [-0.25, -0.2) is 9.97 Å². The van der Waals surface area contributed by atoms with Crippen LogP contribution in [0.3, 0.4) is 0 Å². The maximum atomic E-state index is 12.3. The van der Waals surface area contributed by atoms with Crippen LogP contribution in [0.4, 0.5) is 5.69 Å². The van der Waals surface area contributed by atoms with E-state index in [4.69, 9.17) is 0 Å². The van der Waals surface area contributed by atoms with Gasteiger partial charge in [0.15, 0.2) is 5.16 Å². The number of aryl methyl sites for hydroxylation is 3. The normalized spacial score (nSPS) is 10.6. The Hall–Kier alpha value is -1.47. The first kappa shape index (κ1) is 14.9. The molecule has 0 saturated heterocycles. The van der Waals surface area contributed by atoms with Crippen molar-refractivity contribution >= 4 is 34.9 Å². The van der Waals surface area contributed by atoms with Crippen molar-refractivity contribution < 1.29 is 4.79 Å². The highest BCUT2D eigenvalue weighted by atomic mass is 32.2. The van der Waals surface area contributed by atoms with Gasteiger partial charge in [0, 0.05) is 10.6 Å². The number of hydrogen-bond acceptors (Lipinski definition) is 6. The molecule has 2 rings (SSSR count). The number of nitrogens with one attached hydrogen (secondary N) is 1. The molecule has 0 radical (unpaired) electrons. The van der Waals surface area contributed by atoms with Gasteiger partial charge in [0.1, 0.15) is 5.69 Å². The number of hydrogen-bond donors (Lipinski definition) is 1. The smallest absolute Gasteiger partial charge is 0.274 e. The van der Waals surface area contributed by atoms with E-state index in [1.54, 1.807) is 6.07 Å². The SMILES string of the molecule is CCSc1nc(C)cc(C(=O)Nc2c(C)nsc2C)n1. The lowest BCUT2D eigenvalue weighted by atomic mass is 10.3. The van der Waals surface area contributed by atoms with Crippen molar-refractivity contribution in [1.29, 1.82) is 0 Å². The second-order valence-corrected chi connectivity index (χ2v) is 6.47. The predicted molar refractivity (Wildman–Crippen MR) is 82.7 cm³/mol. The van der Waals surface area contributed by atoms with Crippen LogP contribution in [0.5, 0.6) is 0 Å². The largest absolute Gasteiger partial charge is 0.318 e. The molecule has 20 heavy (non-hydrogen) atoms. The molecule has 1 N–H and O–H groups in total. The van der Waals surface area contributed by atoms with Gasteiger partial charge >= 0.3 is 0 Å². The topological polar surface area (TPSA) is 67.8 Å². The van der Waals surface area contributed by atoms with E-state index in [1.807, 2.05) is 27.7 Å². The minimum atomic E-state index is -0.222. The van der Waals surface area contributed by atoms with E-state index in [0.29, 0.717) is 10.9 Å². The third kappa shape index (κ3) is 3.34. The molecule has 5 nitrogen and oxygen atoms in total. The van der Waals surface area contributed by atoms with Crippen molar-refractivity contribution in [3.05, 3.63) is 28.0 Å². The van der Waals surface area contributed by atoms with Crippen LogP contribution in [-0.2, 0) is 0 Å². The number of nitrogens with zero attached hydrogens (tertiary/aromatic N) is 3. The quantitative estimate of drug-likeness (QED) is 0.694. The van der Waals surface area contributed by atoms with Crippen molar-refractivity contribution in [2.45, 2.75) is 32.9 Å². The molecule has 106 valence electrons. The van der Waals surface area contributed by atoms with Crippen molar-refractivity contribution in [3.63, 3.8) is 0 Å². The fourth-order valence-corrected chi connectivity index (χ4v) is 2.98. The summed E-state index contributed by atoms with van der Waals surface area (Å²) >= 11 is 2.90. The van der Waals surface area contributed by atoms with E-state index < -0.39 is 0 Å². The number of rotatable bonds is 4. The van der Waals surface area contributed by atoms with Gasteiger partial charge in [0.25, 0.3) is 5.91 Å². The van der Waals surface area contributed by atoms with Gasteiger partial charge < -0.3 is 5.32 Å². The second kappa shape index (κ2) is 6.32. The molecule has 0 bridgehead atoms. The Balaban J connectivity index is 2.25. The molecule has 2 aromatic rings. The Bertz CT molecular complexity index is 620. The van der Waals surface area contributed by atoms with Crippen LogP contribution in [0.2, 0.25) is 0 Å². The monoisotopic (exact) mass is 308 g/mol. The van der Waals surface area contributed by atoms with Gasteiger partial charge in [-0.3, -0.25) is 4.79 Å². The van der Waals surface area contributed by atoms with Gasteiger partial charge in [-0.1, -0.05) is 18.7 Å². The van der Waals surface area contributed by atoms with E-state index >= 15 is 0 Å². The van der Waals surface area contributed by atoms with Crippen molar-refractivity contribution in [3.8, 4) is 0 Å². The third-order valence-electron chi connectivity index (χ3n) is 2.61. The highest BCUT2D eigenvalue weighted by Gasteiger charge is 2.15. The van der Waals surface area contributed by atoms with Gasteiger partial charge in [0.05, 0.1) is 11.4 Å². The highest BCUT2D eigenvalue weighted by molar-refractivity contribution is 7.99. The molecule has 0 atom stereocenters. The zero-order valence-corrected chi connectivity index (χ0v) is 13.5. The first-order valence-corrected chi connectivity index (χ1v) is 8.00. The van der Waals surface area contributed by atoms with Gasteiger partial charge in [-0.2, -0.15) is 4.37 Å². The maximum absolute atomic E-state index is 12.3. The van der Waals surface area contributed by atoms with Gasteiger partial charge in [-0.15, -0.1) is 0 Å². The van der Waals surface area contributed by atoms with Crippen LogP contribution < -0.4 is 5.32 Å². The minimum absolute atomic E-state index is 0.222. The van der Waals surface area contributed by atoms with E-state index in [0.717, 1.165) is 27.7 Å². The summed E-state index contributed by atoms with van der Waals surface area (Å²) in [5.41, 5.74) is 2.78. The fraction of sp³-hybridized carbons (Fsp3) is 0.385. The predicted octanol–water partition coefficient (Wildman–Crippen LogP) is 3.22. The number of carbonyl (C=O) groups is 1. The molecule has 2 aromatic heterocycles. The molecule has 0 aliphatic rings. The van der Waals surface area contributed by atoms with Crippen LogP contribution >= 0.6 is 23.3 Å². The Morgan fingerprint density at radius 2 is 2.10 bits per heavy atom. The van der Waals surface area contributed by atoms with Crippen LogP contribution in [0, 0.1) is 20.8 Å². The standard InChI is InChI=1S/C13H16N4OS2/c1-5-19-13-14-7(2)6-10(15-13)12(18)16-11-8(3)17-20-9(11)4/h6H,5H2,1-4H3,(H,16,18). The average Bonchev–Trinajstić information content (AvgIpc) is 2.70. The number of thioether (sulfide) groups is 1. The first-order valence-electron chi connectivity index (χ1n) is 6.24. The summed E-state index contributed by atoms with van der Waals surface area (Å²) in [6, 6.07) is 1.69. The molecule has 1 amide bonds. The average molecular weight is 308 g/mol. The van der Waals surface area contributed by atoms with E-state index in [1.165, 1.54) is 23.3 Å². The first-order chi connectivity index (χ1) is 9.51. The van der Waals surface area contributed by atoms with Crippen molar-refractivity contribution in [2.24, 2.45) is 0 Å². The van der Waals surface area contributed by atoms with E-state index in [-0.39, 0.29) is 5.91 Å². The lowest BCUT2D eigenvalue weighted by molar-refractivity contribution is 0.102. The summed E-state index contributed by atoms with van der Waals surface area (Å²) in [5.74, 6) is 0.650. The molecule has 0 spiro atoms. The molecule has 0 unspecified atom stereocenters. The summed E-state index contributed by atoms with van der Waals surface area (Å²) in [6.07, 6.45) is 0. The highest BCUT2D eigenvalue weighted by Crippen LogP contribution is 2.23. The summed E-state index contributed by atoms with van der Waals surface area (Å²) in [7, 11) is 0. The molecular formula is C13H16N4OS2. The zero-order chi connectivity index (χ0) is 14.7. The maximum Gasteiger partial charge on any atom is 0.274 e. The third-order valence-corrected chi connectivity index (χ3v) is 4.18. The summed E-state index contributed by atoms with van der Waals surface area (Å²) in [4.78, 5) is 21.9. The number of carbonyl (C=O) groups excluding carboxylic acids is 1. The molecule has 0 aromatic carbocycles. The Morgan fingerprint density at radius 3 is 2.70 bits per heavy atom. The molecule has 0 saturated carbocycles. The lowest BCUT2D eigenvalue weighted by Gasteiger charge is -2.07. The van der Waals surface area contributed by atoms with Crippen LogP contribution in [-0.4, -0.2) is 26.0 Å². The Kier molecular flexibility index (Phi) is 4.72. The van der Waals surface area contributed by atoms with Crippen molar-refractivity contribution in [1.82, 2.24) is 14.3 Å². The van der Waals surface area contributed by atoms with Crippen LogP contribution in [0.15, 0.2) is 11.2 Å². The second-order valence-electron chi connectivity index (χ2n) is 4.26. The van der Waals surface area contributed by atoms with Crippen LogP contribution in [0.1, 0.15) is 33.7 Å². The summed E-state index contributed by atoms with van der Waals surface area (Å²) in [5, 5.41) is 3.51. The minimum Gasteiger partial charge on any atom is -0.318 e. The Labute approximate surface area is 126 Å². The Morgan fingerprint density at radius 1 is 1.35 bits per heavy atom. The number of amides is 1. The molecular weight excluding hydrogens is 292 g/mol. The molecule has 0 aliphatic heterocycles. The lowest BCUT2D eigenvalue weighted by Crippen LogP contribution is -2.15. The van der Waals surface area contributed by atoms with E-state index in [2.05, 4.69) is 19.7 Å². The number of aromatic nitrogens is 3. The van der Waals surface area contributed by atoms with Crippen LogP contribution in [0.25, 0.3) is 0 Å². The molecule has 7 heteroatoms. The van der Waals surface area contributed by atoms with Gasteiger partial charge in [-0.05, 0) is 44.1 Å². The molecule has 2 heterocycles. The summed E-state index contributed by atoms with van der Waals surface area (Å²) in [6.45, 7) is 7.70. The summed E-state index contributed by atoms with van der Waals surface area (Å²) < 4.78 is 4.22. The van der Waals surface area contributed by atoms with Crippen molar-refractivity contribution in [2.75, 3.05) is 11.1 Å². The fourth-order valence-electron chi connectivity index (χ4n) is 1.69. The zero-order valence-electron chi connectivity index (χ0n) is 11.9. The van der Waals surface area contributed by atoms with Gasteiger partial charge in [0.2, 0.25) is 0 Å². The molecule has 0 aliphatic carbocycles. The van der Waals surface area contributed by atoms with E-state index in [9.17, 15) is 4.79 Å². The number of anilines is 1. The molecule has 0 fully saturated rings.